The van der Waals surface area contributed by atoms with E-state index in [1.54, 1.807) is 6.08 Å². The van der Waals surface area contributed by atoms with Crippen LogP contribution in [0.5, 0.6) is 0 Å². The van der Waals surface area contributed by atoms with Crippen molar-refractivity contribution in [2.75, 3.05) is 26.2 Å². The molecule has 0 saturated carbocycles. The lowest BCUT2D eigenvalue weighted by molar-refractivity contribution is -0.123. The molecule has 1 N–H and O–H groups in total. The van der Waals surface area contributed by atoms with E-state index in [1.165, 1.54) is 5.57 Å². The third-order valence-corrected chi connectivity index (χ3v) is 7.51. The van der Waals surface area contributed by atoms with Crippen LogP contribution < -0.4 is 0 Å². The van der Waals surface area contributed by atoms with Crippen molar-refractivity contribution in [1.82, 2.24) is 19.6 Å². The number of carbonyl (C=O) groups excluding carboxylic acids is 1. The number of hydrogen-bond donors (Lipinski definition) is 1. The Morgan fingerprint density at radius 3 is 3.03 bits per heavy atom. The molecule has 7 heteroatoms. The summed E-state index contributed by atoms with van der Waals surface area (Å²) in [5, 5.41) is 15.6. The summed E-state index contributed by atoms with van der Waals surface area (Å²) in [6, 6.07) is 6.29. The predicted molar refractivity (Wildman–Crippen MR) is 121 cm³/mol. The number of nitrogens with zero attached hydrogens (tertiary/aromatic N) is 4. The Labute approximate surface area is 177 Å². The van der Waals surface area contributed by atoms with E-state index in [1.807, 2.05) is 29.0 Å². The molecule has 2 unspecified atom stereocenters. The van der Waals surface area contributed by atoms with E-state index in [-0.39, 0.29) is 18.3 Å². The zero-order valence-electron chi connectivity index (χ0n) is 17.0. The molecule has 5 rings (SSSR count). The first-order chi connectivity index (χ1) is 14.6. The van der Waals surface area contributed by atoms with Gasteiger partial charge in [0.25, 0.3) is 5.91 Å². The number of β-amino-alcohol motifs (C(OH)–C–C–N with tert-alkyl or cyclic N) is 1. The third kappa shape index (κ3) is 3.56. The summed E-state index contributed by atoms with van der Waals surface area (Å²) < 4.78 is 1.86. The lowest BCUT2D eigenvalue weighted by Gasteiger charge is -2.35. The third-order valence-electron chi connectivity index (χ3n) is 6.00. The predicted octanol–water partition coefficient (Wildman–Crippen LogP) is 2.84. The minimum Gasteiger partial charge on any atom is -0.395 e. The van der Waals surface area contributed by atoms with Gasteiger partial charge in [-0.05, 0) is 40.6 Å². The van der Waals surface area contributed by atoms with Gasteiger partial charge in [0.15, 0.2) is 0 Å². The fourth-order valence-electron chi connectivity index (χ4n) is 4.28. The zero-order chi connectivity index (χ0) is 20.7. The Kier molecular flexibility index (Phi) is 5.15. The number of aromatic nitrogens is 2. The van der Waals surface area contributed by atoms with Crippen LogP contribution in [0.1, 0.15) is 12.0 Å². The molecule has 0 fully saturated rings. The van der Waals surface area contributed by atoms with Crippen LogP contribution in [0.3, 0.4) is 0 Å². The van der Waals surface area contributed by atoms with Gasteiger partial charge in [0.1, 0.15) is 0 Å². The van der Waals surface area contributed by atoms with E-state index >= 15 is 0 Å². The smallest absolute Gasteiger partial charge is 0.252 e. The molecule has 3 aliphatic heterocycles. The largest absolute Gasteiger partial charge is 0.395 e. The average Bonchev–Trinajstić information content (AvgIpc) is 3.14. The lowest BCUT2D eigenvalue weighted by atomic mass is 9.98. The molecule has 0 saturated heterocycles. The van der Waals surface area contributed by atoms with Gasteiger partial charge in [-0.25, -0.2) is 0 Å². The molecule has 1 aromatic carbocycles. The second kappa shape index (κ2) is 7.95. The molecule has 2 aromatic rings. The van der Waals surface area contributed by atoms with Crippen molar-refractivity contribution in [1.29, 1.82) is 0 Å². The minimum absolute atomic E-state index is 0.0419. The zero-order valence-corrected chi connectivity index (χ0v) is 18.0. The monoisotopic (exact) mass is 420 g/mol. The average molecular weight is 420 g/mol. The number of benzene rings is 1. The van der Waals surface area contributed by atoms with E-state index in [9.17, 15) is 4.79 Å². The number of aliphatic hydroxyl groups is 1. The van der Waals surface area contributed by atoms with Gasteiger partial charge in [-0.3, -0.25) is 14.4 Å². The van der Waals surface area contributed by atoms with Gasteiger partial charge < -0.3 is 10.0 Å². The molecule has 0 aliphatic carbocycles. The number of hydrogen-bond acceptors (Lipinski definition) is 4. The SMILES string of the molecule is Cn1ncc2cc(C3=CC(=O)N4C=C(C5=CCN(CCO)CC5)C=CC4P3)ccc21. The van der Waals surface area contributed by atoms with Crippen molar-refractivity contribution in [3.05, 3.63) is 71.6 Å². The summed E-state index contributed by atoms with van der Waals surface area (Å²) in [6.07, 6.45) is 13.2. The molecule has 6 nitrogen and oxygen atoms in total. The van der Waals surface area contributed by atoms with Crippen LogP contribution in [0.25, 0.3) is 16.2 Å². The van der Waals surface area contributed by atoms with Crippen LogP contribution in [0.4, 0.5) is 0 Å². The van der Waals surface area contributed by atoms with Gasteiger partial charge in [0, 0.05) is 44.3 Å². The second-order valence-electron chi connectivity index (χ2n) is 7.88. The summed E-state index contributed by atoms with van der Waals surface area (Å²) in [5.41, 5.74) is 4.60. The van der Waals surface area contributed by atoms with E-state index < -0.39 is 0 Å². The maximum absolute atomic E-state index is 12.9. The topological polar surface area (TPSA) is 61.6 Å². The molecular weight excluding hydrogens is 395 g/mol. The number of fused-ring (bicyclic) bond motifs is 2. The number of aryl methyl sites for hydroxylation is 1. The Balaban J connectivity index is 1.37. The second-order valence-corrected chi connectivity index (χ2v) is 9.30. The van der Waals surface area contributed by atoms with Crippen LogP contribution in [-0.2, 0) is 11.8 Å². The van der Waals surface area contributed by atoms with Gasteiger partial charge in [-0.15, -0.1) is 0 Å². The van der Waals surface area contributed by atoms with Crippen molar-refractivity contribution in [2.45, 2.75) is 12.2 Å². The molecular formula is C23H25N4O2P. The summed E-state index contributed by atoms with van der Waals surface area (Å²) in [6.45, 7) is 2.70. The Morgan fingerprint density at radius 1 is 1.33 bits per heavy atom. The van der Waals surface area contributed by atoms with Crippen LogP contribution in [-0.4, -0.2) is 62.6 Å². The van der Waals surface area contributed by atoms with Crippen molar-refractivity contribution >= 4 is 30.7 Å². The van der Waals surface area contributed by atoms with Gasteiger partial charge in [0.05, 0.1) is 24.1 Å². The van der Waals surface area contributed by atoms with Gasteiger partial charge >= 0.3 is 0 Å². The Morgan fingerprint density at radius 2 is 2.23 bits per heavy atom. The van der Waals surface area contributed by atoms with Crippen LogP contribution in [0, 0.1) is 0 Å². The molecule has 4 heterocycles. The van der Waals surface area contributed by atoms with E-state index in [0.29, 0.717) is 15.1 Å². The Hall–Kier alpha value is -2.53. The van der Waals surface area contributed by atoms with E-state index in [0.717, 1.165) is 46.9 Å². The maximum atomic E-state index is 12.9. The lowest BCUT2D eigenvalue weighted by Crippen LogP contribution is -2.36. The molecule has 0 bridgehead atoms. The van der Waals surface area contributed by atoms with Crippen LogP contribution in [0.15, 0.2) is 66.0 Å². The summed E-state index contributed by atoms with van der Waals surface area (Å²) in [4.78, 5) is 17.1. The highest BCUT2D eigenvalue weighted by Gasteiger charge is 2.29. The first-order valence-electron chi connectivity index (χ1n) is 10.3. The van der Waals surface area contributed by atoms with Gasteiger partial charge in [-0.1, -0.05) is 32.9 Å². The van der Waals surface area contributed by atoms with Crippen LogP contribution >= 0.6 is 8.58 Å². The Bertz CT molecular complexity index is 1130. The number of carbonyl (C=O) groups is 1. The van der Waals surface area contributed by atoms with Crippen molar-refractivity contribution in [2.24, 2.45) is 7.05 Å². The molecule has 2 atom stereocenters. The highest BCUT2D eigenvalue weighted by atomic mass is 31.1. The molecule has 3 aliphatic rings. The number of allylic oxidation sites excluding steroid dienone is 2. The standard InChI is InChI=1S/C23H25N4O2P/c1-25-20-4-2-17(12-19(20)14-24-25)21-13-22(29)27-15-18(3-5-23(27)30-21)16-6-8-26(9-7-16)10-11-28/h2-6,12-15,23,28,30H,7-11H2,1H3. The quantitative estimate of drug-likeness (QED) is 0.773. The highest BCUT2D eigenvalue weighted by molar-refractivity contribution is 7.51. The highest BCUT2D eigenvalue weighted by Crippen LogP contribution is 2.45. The number of amides is 1. The summed E-state index contributed by atoms with van der Waals surface area (Å²) in [5.74, 6) is 0.126. The maximum Gasteiger partial charge on any atom is 0.252 e. The summed E-state index contributed by atoms with van der Waals surface area (Å²) in [7, 11) is 2.45. The van der Waals surface area contributed by atoms with Crippen molar-refractivity contribution < 1.29 is 9.90 Å². The molecule has 154 valence electrons. The van der Waals surface area contributed by atoms with Crippen molar-refractivity contribution in [3.63, 3.8) is 0 Å². The number of rotatable bonds is 4. The summed E-state index contributed by atoms with van der Waals surface area (Å²) >= 11 is 0. The van der Waals surface area contributed by atoms with E-state index in [2.05, 4.69) is 46.4 Å². The minimum atomic E-state index is 0.0419. The fourth-order valence-corrected chi connectivity index (χ4v) is 5.66. The normalized spacial score (nSPS) is 22.9. The van der Waals surface area contributed by atoms with Crippen LogP contribution in [0.2, 0.25) is 0 Å². The van der Waals surface area contributed by atoms with Gasteiger partial charge in [-0.2, -0.15) is 5.10 Å². The molecule has 0 spiro atoms. The first kappa shape index (κ1) is 19.4. The molecule has 1 aromatic heterocycles. The fraction of sp³-hybridized carbons (Fsp3) is 0.304. The first-order valence-corrected chi connectivity index (χ1v) is 11.4. The van der Waals surface area contributed by atoms with Gasteiger partial charge in [0.2, 0.25) is 0 Å². The van der Waals surface area contributed by atoms with Crippen molar-refractivity contribution in [3.8, 4) is 0 Å². The van der Waals surface area contributed by atoms with E-state index in [4.69, 9.17) is 5.11 Å². The molecule has 30 heavy (non-hydrogen) atoms. The number of aliphatic hydroxyl groups excluding tert-OH is 1. The molecule has 1 amide bonds. The molecule has 0 radical (unpaired) electrons.